The Bertz CT molecular complexity index is 136. The molecule has 0 aromatic heterocycles. The van der Waals surface area contributed by atoms with E-state index in [4.69, 9.17) is 11.6 Å². The fourth-order valence-electron chi connectivity index (χ4n) is 0.971. The van der Waals surface area contributed by atoms with Crippen LogP contribution >= 0.6 is 23.4 Å². The number of halogens is 1. The van der Waals surface area contributed by atoms with Gasteiger partial charge in [0, 0.05) is 18.8 Å². The molecule has 0 aliphatic carbocycles. The fourth-order valence-corrected chi connectivity index (χ4v) is 2.38. The van der Waals surface area contributed by atoms with E-state index in [1.807, 2.05) is 11.8 Å². The minimum atomic E-state index is -0.340. The molecule has 1 rings (SSSR count). The molecule has 0 aromatic rings. The topological polar surface area (TPSA) is 20.3 Å². The first-order chi connectivity index (χ1) is 4.72. The van der Waals surface area contributed by atoms with E-state index in [-0.39, 0.29) is 5.37 Å². The summed E-state index contributed by atoms with van der Waals surface area (Å²) in [7, 11) is 1.76. The van der Waals surface area contributed by atoms with Gasteiger partial charge in [-0.3, -0.25) is 4.79 Å². The predicted octanol–water partition coefficient (Wildman–Crippen LogP) is 1.78. The Hall–Kier alpha value is 0.110. The zero-order valence-electron chi connectivity index (χ0n) is 5.84. The van der Waals surface area contributed by atoms with Gasteiger partial charge in [-0.2, -0.15) is 11.8 Å². The van der Waals surface area contributed by atoms with Crippen LogP contribution in [0.2, 0.25) is 0 Å². The Labute approximate surface area is 69.9 Å². The van der Waals surface area contributed by atoms with Crippen LogP contribution in [0.5, 0.6) is 0 Å². The van der Waals surface area contributed by atoms with Crippen molar-refractivity contribution in [2.24, 2.45) is 0 Å². The van der Waals surface area contributed by atoms with Gasteiger partial charge in [-0.25, -0.2) is 0 Å². The molecule has 0 spiro atoms. The Morgan fingerprint density at radius 1 is 1.80 bits per heavy atom. The summed E-state index contributed by atoms with van der Waals surface area (Å²) in [6.45, 7) is 0. The summed E-state index contributed by atoms with van der Waals surface area (Å²) in [5.41, 5.74) is 0. The smallest absolute Gasteiger partial charge is 0.316 e. The number of thioether (sulfide) groups is 1. The van der Waals surface area contributed by atoms with Crippen LogP contribution in [0.15, 0.2) is 0 Å². The maximum Gasteiger partial charge on any atom is 0.316 e. The predicted molar refractivity (Wildman–Crippen MR) is 44.7 cm³/mol. The van der Waals surface area contributed by atoms with Crippen molar-refractivity contribution < 1.29 is 4.79 Å². The van der Waals surface area contributed by atoms with Crippen LogP contribution in [-0.2, 0) is 0 Å². The van der Waals surface area contributed by atoms with E-state index >= 15 is 0 Å². The summed E-state index contributed by atoms with van der Waals surface area (Å²) < 4.78 is 0. The highest BCUT2D eigenvalue weighted by Gasteiger charge is 2.22. The van der Waals surface area contributed by atoms with Crippen molar-refractivity contribution in [1.29, 1.82) is 0 Å². The molecule has 1 fully saturated rings. The molecule has 0 bridgehead atoms. The van der Waals surface area contributed by atoms with E-state index in [0.29, 0.717) is 6.04 Å². The lowest BCUT2D eigenvalue weighted by atomic mass is 10.2. The highest BCUT2D eigenvalue weighted by molar-refractivity contribution is 7.99. The number of nitrogens with zero attached hydrogens (tertiary/aromatic N) is 1. The number of hydrogen-bond donors (Lipinski definition) is 0. The molecule has 1 amide bonds. The van der Waals surface area contributed by atoms with E-state index in [2.05, 4.69) is 0 Å². The quantitative estimate of drug-likeness (QED) is 0.452. The summed E-state index contributed by atoms with van der Waals surface area (Å²) in [5.74, 6) is 2.19. The maximum absolute atomic E-state index is 10.6. The van der Waals surface area contributed by atoms with Gasteiger partial charge in [-0.15, -0.1) is 0 Å². The van der Waals surface area contributed by atoms with Gasteiger partial charge in [-0.05, 0) is 23.8 Å². The van der Waals surface area contributed by atoms with Crippen LogP contribution in [0.1, 0.15) is 6.42 Å². The molecule has 4 heteroatoms. The van der Waals surface area contributed by atoms with Crippen molar-refractivity contribution in [2.75, 3.05) is 18.6 Å². The standard InChI is InChI=1S/C6H10ClNOS/c1-8(6(7)9)5-2-3-10-4-5/h5H,2-4H2,1H3. The second-order valence-electron chi connectivity index (χ2n) is 2.38. The highest BCUT2D eigenvalue weighted by atomic mass is 35.5. The van der Waals surface area contributed by atoms with Crippen LogP contribution in [0, 0.1) is 0 Å². The SMILES string of the molecule is CN(C(=O)Cl)C1CCSC1. The molecule has 1 heterocycles. The minimum Gasteiger partial charge on any atom is -0.328 e. The molecule has 1 aliphatic heterocycles. The molecule has 0 saturated carbocycles. The second kappa shape index (κ2) is 3.49. The normalized spacial score (nSPS) is 24.8. The first kappa shape index (κ1) is 8.21. The van der Waals surface area contributed by atoms with E-state index in [1.165, 1.54) is 0 Å². The number of carbonyl (C=O) groups is 1. The zero-order valence-corrected chi connectivity index (χ0v) is 7.41. The summed E-state index contributed by atoms with van der Waals surface area (Å²) in [6, 6.07) is 0.370. The van der Waals surface area contributed by atoms with Gasteiger partial charge < -0.3 is 4.90 Å². The number of hydrogen-bond acceptors (Lipinski definition) is 2. The van der Waals surface area contributed by atoms with Gasteiger partial charge in [0.15, 0.2) is 0 Å². The molecular weight excluding hydrogens is 170 g/mol. The first-order valence-electron chi connectivity index (χ1n) is 3.22. The third-order valence-corrected chi connectivity index (χ3v) is 3.14. The zero-order chi connectivity index (χ0) is 7.56. The average Bonchev–Trinajstić information content (AvgIpc) is 2.36. The molecule has 1 atom stereocenters. The van der Waals surface area contributed by atoms with Gasteiger partial charge in [0.1, 0.15) is 0 Å². The maximum atomic E-state index is 10.6. The number of amides is 1. The summed E-state index contributed by atoms with van der Waals surface area (Å²) in [5, 5.41) is -0.340. The van der Waals surface area contributed by atoms with Gasteiger partial charge in [-0.1, -0.05) is 0 Å². The molecule has 10 heavy (non-hydrogen) atoms. The first-order valence-corrected chi connectivity index (χ1v) is 4.75. The lowest BCUT2D eigenvalue weighted by Crippen LogP contribution is -2.33. The molecule has 0 aromatic carbocycles. The Kier molecular flexibility index (Phi) is 2.86. The van der Waals surface area contributed by atoms with E-state index in [1.54, 1.807) is 11.9 Å². The van der Waals surface area contributed by atoms with Crippen LogP contribution in [0.4, 0.5) is 4.79 Å². The molecule has 2 nitrogen and oxygen atoms in total. The average molecular weight is 180 g/mol. The summed E-state index contributed by atoms with van der Waals surface area (Å²) >= 11 is 7.16. The number of rotatable bonds is 1. The lowest BCUT2D eigenvalue weighted by Gasteiger charge is -2.19. The van der Waals surface area contributed by atoms with Crippen molar-refractivity contribution in [3.05, 3.63) is 0 Å². The molecule has 58 valence electrons. The molecule has 1 saturated heterocycles. The largest absolute Gasteiger partial charge is 0.328 e. The van der Waals surface area contributed by atoms with Crippen LogP contribution in [0.25, 0.3) is 0 Å². The summed E-state index contributed by atoms with van der Waals surface area (Å²) in [6.07, 6.45) is 1.08. The molecule has 0 N–H and O–H groups in total. The van der Waals surface area contributed by atoms with Crippen LogP contribution in [-0.4, -0.2) is 34.9 Å². The molecule has 1 aliphatic rings. The third kappa shape index (κ3) is 1.80. The second-order valence-corrected chi connectivity index (χ2v) is 3.85. The fraction of sp³-hybridized carbons (Fsp3) is 0.833. The van der Waals surface area contributed by atoms with Crippen molar-refractivity contribution in [2.45, 2.75) is 12.5 Å². The molecule has 0 radical (unpaired) electrons. The third-order valence-electron chi connectivity index (χ3n) is 1.73. The van der Waals surface area contributed by atoms with E-state index in [0.717, 1.165) is 17.9 Å². The summed E-state index contributed by atoms with van der Waals surface area (Å²) in [4.78, 5) is 12.2. The van der Waals surface area contributed by atoms with E-state index < -0.39 is 0 Å². The van der Waals surface area contributed by atoms with Crippen molar-refractivity contribution in [3.8, 4) is 0 Å². The Balaban J connectivity index is 2.39. The Morgan fingerprint density at radius 3 is 2.90 bits per heavy atom. The van der Waals surface area contributed by atoms with Gasteiger partial charge in [0.25, 0.3) is 0 Å². The number of carbonyl (C=O) groups excluding carboxylic acids is 1. The monoisotopic (exact) mass is 179 g/mol. The Morgan fingerprint density at radius 2 is 2.50 bits per heavy atom. The van der Waals surface area contributed by atoms with E-state index in [9.17, 15) is 4.79 Å². The van der Waals surface area contributed by atoms with Crippen molar-refractivity contribution in [1.82, 2.24) is 4.90 Å². The van der Waals surface area contributed by atoms with Crippen molar-refractivity contribution in [3.63, 3.8) is 0 Å². The minimum absolute atomic E-state index is 0.340. The van der Waals surface area contributed by atoms with Crippen molar-refractivity contribution >= 4 is 28.7 Å². The molecule has 1 unspecified atom stereocenters. The van der Waals surface area contributed by atoms with Gasteiger partial charge in [0.2, 0.25) is 0 Å². The van der Waals surface area contributed by atoms with Gasteiger partial charge in [0.05, 0.1) is 0 Å². The lowest BCUT2D eigenvalue weighted by molar-refractivity contribution is 0.219. The van der Waals surface area contributed by atoms with Crippen LogP contribution < -0.4 is 0 Å². The highest BCUT2D eigenvalue weighted by Crippen LogP contribution is 2.21. The van der Waals surface area contributed by atoms with Crippen LogP contribution in [0.3, 0.4) is 0 Å². The molecular formula is C6H10ClNOS. The van der Waals surface area contributed by atoms with Gasteiger partial charge >= 0.3 is 5.37 Å².